The van der Waals surface area contributed by atoms with E-state index >= 15 is 0 Å². The first-order valence-electron chi connectivity index (χ1n) is 6.20. The van der Waals surface area contributed by atoms with Crippen LogP contribution in [0, 0.1) is 5.82 Å². The third-order valence-corrected chi connectivity index (χ3v) is 2.94. The van der Waals surface area contributed by atoms with Gasteiger partial charge in [0.2, 0.25) is 0 Å². The average molecular weight is 268 g/mol. The van der Waals surface area contributed by atoms with Crippen molar-refractivity contribution in [3.63, 3.8) is 0 Å². The summed E-state index contributed by atoms with van der Waals surface area (Å²) in [5, 5.41) is 15.5. The third kappa shape index (κ3) is 3.99. The van der Waals surface area contributed by atoms with E-state index in [9.17, 15) is 14.3 Å². The van der Waals surface area contributed by atoms with Crippen molar-refractivity contribution < 1.29 is 19.0 Å². The molecule has 1 aromatic carbocycles. The van der Waals surface area contributed by atoms with Gasteiger partial charge in [-0.15, -0.1) is 0 Å². The van der Waals surface area contributed by atoms with Crippen LogP contribution in [0.2, 0.25) is 0 Å². The molecule has 104 valence electrons. The van der Waals surface area contributed by atoms with E-state index in [1.807, 2.05) is 0 Å². The van der Waals surface area contributed by atoms with Gasteiger partial charge in [0.15, 0.2) is 0 Å². The summed E-state index contributed by atoms with van der Waals surface area (Å²) in [6.07, 6.45) is -1.38. The molecular formula is C13H17FN2O3. The second kappa shape index (κ2) is 6.60. The lowest BCUT2D eigenvalue weighted by atomic mass is 10.1. The minimum Gasteiger partial charge on any atom is -0.387 e. The van der Waals surface area contributed by atoms with Crippen molar-refractivity contribution in [2.24, 2.45) is 0 Å². The number of aliphatic hydroxyl groups is 1. The van der Waals surface area contributed by atoms with Crippen LogP contribution in [0.25, 0.3) is 0 Å². The Morgan fingerprint density at radius 2 is 2.26 bits per heavy atom. The Hall–Kier alpha value is -1.50. The summed E-state index contributed by atoms with van der Waals surface area (Å²) in [4.78, 5) is 11.7. The molecule has 0 radical (unpaired) electrons. The molecule has 2 rings (SSSR count). The molecule has 6 heteroatoms. The molecule has 1 heterocycles. The highest BCUT2D eigenvalue weighted by Crippen LogP contribution is 2.12. The van der Waals surface area contributed by atoms with E-state index < -0.39 is 12.2 Å². The van der Waals surface area contributed by atoms with Crippen LogP contribution in [0.5, 0.6) is 0 Å². The molecule has 2 atom stereocenters. The average Bonchev–Trinajstić information content (AvgIpc) is 2.46. The molecule has 5 nitrogen and oxygen atoms in total. The standard InChI is InChI=1S/C13H17FN2O3/c14-10-3-1-9(2-4-10)11(17)7-16-13(18)12-8-15-5-6-19-12/h1-4,11-12,15,17H,5-8H2,(H,16,18). The number of morpholine rings is 1. The van der Waals surface area contributed by atoms with Crippen molar-refractivity contribution >= 4 is 5.91 Å². The van der Waals surface area contributed by atoms with Crippen molar-refractivity contribution in [3.05, 3.63) is 35.6 Å². The number of hydrogen-bond acceptors (Lipinski definition) is 4. The van der Waals surface area contributed by atoms with Crippen molar-refractivity contribution in [2.45, 2.75) is 12.2 Å². The predicted molar refractivity (Wildman–Crippen MR) is 67.0 cm³/mol. The first-order valence-corrected chi connectivity index (χ1v) is 6.20. The fraction of sp³-hybridized carbons (Fsp3) is 0.462. The first kappa shape index (κ1) is 13.9. The van der Waals surface area contributed by atoms with Crippen molar-refractivity contribution in [1.82, 2.24) is 10.6 Å². The zero-order valence-corrected chi connectivity index (χ0v) is 10.4. The monoisotopic (exact) mass is 268 g/mol. The van der Waals surface area contributed by atoms with Crippen LogP contribution in [0.3, 0.4) is 0 Å². The van der Waals surface area contributed by atoms with Crippen LogP contribution < -0.4 is 10.6 Å². The minimum absolute atomic E-state index is 0.0737. The maximum atomic E-state index is 12.7. The number of rotatable bonds is 4. The normalized spacial score (nSPS) is 20.8. The van der Waals surface area contributed by atoms with Crippen LogP contribution in [-0.2, 0) is 9.53 Å². The Labute approximate surface area is 110 Å². The van der Waals surface area contributed by atoms with Gasteiger partial charge in [-0.25, -0.2) is 4.39 Å². The Morgan fingerprint density at radius 3 is 2.89 bits per heavy atom. The number of aliphatic hydroxyl groups excluding tert-OH is 1. The molecule has 1 aliphatic heterocycles. The third-order valence-electron chi connectivity index (χ3n) is 2.94. The zero-order valence-electron chi connectivity index (χ0n) is 10.4. The number of halogens is 1. The van der Waals surface area contributed by atoms with Crippen LogP contribution in [0.4, 0.5) is 4.39 Å². The van der Waals surface area contributed by atoms with Gasteiger partial charge in [0.1, 0.15) is 11.9 Å². The summed E-state index contributed by atoms with van der Waals surface area (Å²) in [6.45, 7) is 1.78. The van der Waals surface area contributed by atoms with E-state index in [-0.39, 0.29) is 18.3 Å². The summed E-state index contributed by atoms with van der Waals surface area (Å²) in [7, 11) is 0. The molecule has 2 unspecified atom stereocenters. The molecule has 1 aliphatic rings. The topological polar surface area (TPSA) is 70.6 Å². The molecule has 3 N–H and O–H groups in total. The number of nitrogens with one attached hydrogen (secondary N) is 2. The Morgan fingerprint density at radius 1 is 1.53 bits per heavy atom. The molecule has 0 saturated carbocycles. The van der Waals surface area contributed by atoms with Gasteiger partial charge in [0.05, 0.1) is 12.7 Å². The molecule has 0 bridgehead atoms. The lowest BCUT2D eigenvalue weighted by Crippen LogP contribution is -2.48. The fourth-order valence-electron chi connectivity index (χ4n) is 1.85. The Bertz CT molecular complexity index is 418. The summed E-state index contributed by atoms with van der Waals surface area (Å²) >= 11 is 0. The molecule has 19 heavy (non-hydrogen) atoms. The van der Waals surface area contributed by atoms with Gasteiger partial charge in [0, 0.05) is 19.6 Å². The second-order valence-electron chi connectivity index (χ2n) is 4.38. The minimum atomic E-state index is -0.860. The molecule has 0 aromatic heterocycles. The van der Waals surface area contributed by atoms with Crippen molar-refractivity contribution in [1.29, 1.82) is 0 Å². The highest BCUT2D eigenvalue weighted by atomic mass is 19.1. The van der Waals surface area contributed by atoms with Crippen LogP contribution in [-0.4, -0.2) is 43.4 Å². The Kier molecular flexibility index (Phi) is 4.84. The summed E-state index contributed by atoms with van der Waals surface area (Å²) in [6, 6.07) is 5.53. The predicted octanol–water partition coefficient (Wildman–Crippen LogP) is -0.0363. The Balaban J connectivity index is 1.80. The quantitative estimate of drug-likeness (QED) is 0.717. The number of carbonyl (C=O) groups is 1. The number of carbonyl (C=O) groups excluding carboxylic acids is 1. The summed E-state index contributed by atoms with van der Waals surface area (Å²) < 4.78 is 18.0. The maximum absolute atomic E-state index is 12.7. The summed E-state index contributed by atoms with van der Waals surface area (Å²) in [5.74, 6) is -0.616. The number of ether oxygens (including phenoxy) is 1. The SMILES string of the molecule is O=C(NCC(O)c1ccc(F)cc1)C1CNCCO1. The van der Waals surface area contributed by atoms with Gasteiger partial charge in [-0.1, -0.05) is 12.1 Å². The van der Waals surface area contributed by atoms with Gasteiger partial charge in [-0.3, -0.25) is 4.79 Å². The van der Waals surface area contributed by atoms with Crippen molar-refractivity contribution in [2.75, 3.05) is 26.2 Å². The van der Waals surface area contributed by atoms with E-state index in [0.29, 0.717) is 18.7 Å². The smallest absolute Gasteiger partial charge is 0.250 e. The van der Waals surface area contributed by atoms with E-state index in [2.05, 4.69) is 10.6 Å². The van der Waals surface area contributed by atoms with Gasteiger partial charge < -0.3 is 20.5 Å². The lowest BCUT2D eigenvalue weighted by molar-refractivity contribution is -0.134. The zero-order chi connectivity index (χ0) is 13.7. The van der Waals surface area contributed by atoms with Crippen LogP contribution >= 0.6 is 0 Å². The highest BCUT2D eigenvalue weighted by Gasteiger charge is 2.22. The molecule has 1 fully saturated rings. The number of hydrogen-bond donors (Lipinski definition) is 3. The molecule has 1 amide bonds. The van der Waals surface area contributed by atoms with Gasteiger partial charge in [-0.2, -0.15) is 0 Å². The van der Waals surface area contributed by atoms with Crippen molar-refractivity contribution in [3.8, 4) is 0 Å². The largest absolute Gasteiger partial charge is 0.387 e. The van der Waals surface area contributed by atoms with Crippen LogP contribution in [0.15, 0.2) is 24.3 Å². The second-order valence-corrected chi connectivity index (χ2v) is 4.38. The van der Waals surface area contributed by atoms with Gasteiger partial charge >= 0.3 is 0 Å². The first-order chi connectivity index (χ1) is 9.16. The number of amides is 1. The molecule has 1 saturated heterocycles. The lowest BCUT2D eigenvalue weighted by Gasteiger charge is -2.23. The number of benzene rings is 1. The highest BCUT2D eigenvalue weighted by molar-refractivity contribution is 5.81. The summed E-state index contributed by atoms with van der Waals surface area (Å²) in [5.41, 5.74) is 0.560. The molecule has 0 aliphatic carbocycles. The molecule has 1 aromatic rings. The van der Waals surface area contributed by atoms with Gasteiger partial charge in [0.25, 0.3) is 5.91 Å². The molecular weight excluding hydrogens is 251 g/mol. The molecule has 0 spiro atoms. The fourth-order valence-corrected chi connectivity index (χ4v) is 1.85. The van der Waals surface area contributed by atoms with Crippen LogP contribution in [0.1, 0.15) is 11.7 Å². The van der Waals surface area contributed by atoms with E-state index in [0.717, 1.165) is 6.54 Å². The van der Waals surface area contributed by atoms with E-state index in [1.54, 1.807) is 0 Å². The van der Waals surface area contributed by atoms with Gasteiger partial charge in [-0.05, 0) is 17.7 Å². The van der Waals surface area contributed by atoms with E-state index in [4.69, 9.17) is 4.74 Å². The maximum Gasteiger partial charge on any atom is 0.250 e. The van der Waals surface area contributed by atoms with E-state index in [1.165, 1.54) is 24.3 Å².